The summed E-state index contributed by atoms with van der Waals surface area (Å²) < 4.78 is 0.0286. The molecule has 0 saturated carbocycles. The summed E-state index contributed by atoms with van der Waals surface area (Å²) in [5.41, 5.74) is 0. The first-order chi connectivity index (χ1) is 5.75. The second kappa shape index (κ2) is 5.34. The summed E-state index contributed by atoms with van der Waals surface area (Å²) in [6, 6.07) is 0. The number of rotatable bonds is 3. The lowest BCUT2D eigenvalue weighted by Crippen LogP contribution is -2.37. The van der Waals surface area contributed by atoms with Gasteiger partial charge in [0.25, 0.3) is 0 Å². The molecule has 5 heteroatoms. The summed E-state index contributed by atoms with van der Waals surface area (Å²) in [6.07, 6.45) is -0.633. The third-order valence-corrected chi connectivity index (χ3v) is 4.79. The van der Waals surface area contributed by atoms with Gasteiger partial charge in [0, 0.05) is 0 Å². The van der Waals surface area contributed by atoms with E-state index in [0.717, 1.165) is 17.9 Å². The van der Waals surface area contributed by atoms with Gasteiger partial charge < -0.3 is 15.3 Å². The van der Waals surface area contributed by atoms with Gasteiger partial charge in [-0.25, -0.2) is 0 Å². The van der Waals surface area contributed by atoms with Gasteiger partial charge in [-0.15, -0.1) is 23.5 Å². The Hall–Kier alpha value is 0.580. The molecule has 72 valence electrons. The van der Waals surface area contributed by atoms with Crippen LogP contribution < -0.4 is 0 Å². The van der Waals surface area contributed by atoms with Crippen molar-refractivity contribution in [2.75, 3.05) is 18.1 Å². The predicted octanol–water partition coefficient (Wildman–Crippen LogP) is -0.103. The van der Waals surface area contributed by atoms with Crippen LogP contribution in [-0.4, -0.2) is 50.2 Å². The molecule has 1 aliphatic heterocycles. The Balaban J connectivity index is 2.33. The second-order valence-corrected chi connectivity index (χ2v) is 5.50. The lowest BCUT2D eigenvalue weighted by Gasteiger charge is -2.27. The van der Waals surface area contributed by atoms with Gasteiger partial charge >= 0.3 is 0 Å². The molecular weight excluding hydrogens is 196 g/mol. The topological polar surface area (TPSA) is 60.7 Å². The highest BCUT2D eigenvalue weighted by Crippen LogP contribution is 2.33. The fraction of sp³-hybridized carbons (Fsp3) is 1.00. The van der Waals surface area contributed by atoms with E-state index in [1.165, 1.54) is 0 Å². The van der Waals surface area contributed by atoms with Crippen molar-refractivity contribution in [3.05, 3.63) is 0 Å². The maximum atomic E-state index is 9.49. The zero-order chi connectivity index (χ0) is 8.97. The van der Waals surface area contributed by atoms with E-state index < -0.39 is 12.2 Å². The minimum Gasteiger partial charge on any atom is -0.394 e. The molecule has 3 nitrogen and oxygen atoms in total. The number of hydrogen-bond acceptors (Lipinski definition) is 5. The van der Waals surface area contributed by atoms with Crippen LogP contribution in [0.3, 0.4) is 0 Å². The monoisotopic (exact) mass is 210 g/mol. The van der Waals surface area contributed by atoms with Crippen LogP contribution in [0.25, 0.3) is 0 Å². The van der Waals surface area contributed by atoms with Crippen molar-refractivity contribution < 1.29 is 15.3 Å². The molecule has 0 bridgehead atoms. The molecule has 1 heterocycles. The molecule has 0 radical (unpaired) electrons. The van der Waals surface area contributed by atoms with E-state index in [1.807, 2.05) is 0 Å². The Morgan fingerprint density at radius 2 is 1.83 bits per heavy atom. The van der Waals surface area contributed by atoms with E-state index in [1.54, 1.807) is 23.5 Å². The molecule has 3 N–H and O–H groups in total. The normalized spacial score (nSPS) is 25.2. The van der Waals surface area contributed by atoms with Crippen LogP contribution in [-0.2, 0) is 0 Å². The van der Waals surface area contributed by atoms with Crippen molar-refractivity contribution in [2.45, 2.75) is 23.2 Å². The van der Waals surface area contributed by atoms with Crippen molar-refractivity contribution in [2.24, 2.45) is 0 Å². The van der Waals surface area contributed by atoms with Crippen molar-refractivity contribution >= 4 is 23.5 Å². The van der Waals surface area contributed by atoms with E-state index in [-0.39, 0.29) is 11.2 Å². The molecule has 0 spiro atoms. The molecule has 0 aliphatic carbocycles. The number of hydrogen-bond donors (Lipinski definition) is 3. The highest BCUT2D eigenvalue weighted by molar-refractivity contribution is 8.17. The maximum Gasteiger partial charge on any atom is 0.105 e. The average molecular weight is 210 g/mol. The minimum absolute atomic E-state index is 0.0286. The Bertz CT molecular complexity index is 128. The highest BCUT2D eigenvalue weighted by Gasteiger charge is 2.28. The minimum atomic E-state index is -0.993. The quantitative estimate of drug-likeness (QED) is 0.607. The Morgan fingerprint density at radius 3 is 2.33 bits per heavy atom. The third kappa shape index (κ3) is 2.81. The molecule has 1 fully saturated rings. The molecule has 0 aromatic carbocycles. The van der Waals surface area contributed by atoms with Gasteiger partial charge in [0.05, 0.1) is 11.2 Å². The Kier molecular flexibility index (Phi) is 4.74. The summed E-state index contributed by atoms with van der Waals surface area (Å²) in [4.78, 5) is 0. The summed E-state index contributed by atoms with van der Waals surface area (Å²) >= 11 is 3.31. The van der Waals surface area contributed by atoms with Crippen molar-refractivity contribution in [3.63, 3.8) is 0 Å². The molecule has 1 rings (SSSR count). The van der Waals surface area contributed by atoms with Crippen molar-refractivity contribution in [1.82, 2.24) is 0 Å². The fourth-order valence-electron chi connectivity index (χ4n) is 0.993. The molecule has 1 aliphatic rings. The van der Waals surface area contributed by atoms with Crippen LogP contribution in [0.2, 0.25) is 0 Å². The largest absolute Gasteiger partial charge is 0.394 e. The van der Waals surface area contributed by atoms with E-state index in [2.05, 4.69) is 0 Å². The van der Waals surface area contributed by atoms with E-state index >= 15 is 0 Å². The summed E-state index contributed by atoms with van der Waals surface area (Å²) in [5.74, 6) is 2.07. The number of aliphatic hydroxyl groups is 3. The van der Waals surface area contributed by atoms with Gasteiger partial charge in [-0.05, 0) is 17.9 Å². The van der Waals surface area contributed by atoms with Crippen molar-refractivity contribution in [3.8, 4) is 0 Å². The van der Waals surface area contributed by atoms with Crippen LogP contribution in [0.5, 0.6) is 0 Å². The first kappa shape index (κ1) is 10.7. The number of thioether (sulfide) groups is 2. The standard InChI is InChI=1S/C7H14O3S2/c8-4-5(9)6(10)7-11-2-1-3-12-7/h5-10H,1-4H2/t5-,6-/m1/s1. The van der Waals surface area contributed by atoms with Crippen LogP contribution in [0.1, 0.15) is 6.42 Å². The Morgan fingerprint density at radius 1 is 1.25 bits per heavy atom. The van der Waals surface area contributed by atoms with Gasteiger partial charge in [-0.3, -0.25) is 0 Å². The van der Waals surface area contributed by atoms with Gasteiger partial charge in [0.2, 0.25) is 0 Å². The Labute approximate surface area is 80.6 Å². The summed E-state index contributed by atoms with van der Waals surface area (Å²) in [5, 5.41) is 27.3. The second-order valence-electron chi connectivity index (χ2n) is 2.70. The maximum absolute atomic E-state index is 9.49. The zero-order valence-electron chi connectivity index (χ0n) is 6.72. The van der Waals surface area contributed by atoms with Gasteiger partial charge in [-0.2, -0.15) is 0 Å². The van der Waals surface area contributed by atoms with Gasteiger partial charge in [0.15, 0.2) is 0 Å². The highest BCUT2D eigenvalue weighted by atomic mass is 32.2. The van der Waals surface area contributed by atoms with Crippen LogP contribution >= 0.6 is 23.5 Å². The summed E-state index contributed by atoms with van der Waals surface area (Å²) in [6.45, 7) is -0.362. The van der Waals surface area contributed by atoms with Crippen LogP contribution in [0.15, 0.2) is 0 Å². The summed E-state index contributed by atoms with van der Waals surface area (Å²) in [7, 11) is 0. The first-order valence-electron chi connectivity index (χ1n) is 3.96. The average Bonchev–Trinajstić information content (AvgIpc) is 2.17. The van der Waals surface area contributed by atoms with Crippen LogP contribution in [0.4, 0.5) is 0 Å². The van der Waals surface area contributed by atoms with Gasteiger partial charge in [0.1, 0.15) is 12.2 Å². The van der Waals surface area contributed by atoms with E-state index in [0.29, 0.717) is 0 Å². The molecular formula is C7H14O3S2. The first-order valence-corrected chi connectivity index (χ1v) is 6.05. The smallest absolute Gasteiger partial charge is 0.105 e. The molecule has 1 saturated heterocycles. The van der Waals surface area contributed by atoms with E-state index in [9.17, 15) is 5.11 Å². The lowest BCUT2D eigenvalue weighted by atomic mass is 10.2. The molecule has 2 atom stereocenters. The molecule has 12 heavy (non-hydrogen) atoms. The number of aliphatic hydroxyl groups excluding tert-OH is 3. The molecule has 0 aromatic heterocycles. The molecule has 0 amide bonds. The predicted molar refractivity (Wildman–Crippen MR) is 52.4 cm³/mol. The van der Waals surface area contributed by atoms with Crippen molar-refractivity contribution in [1.29, 1.82) is 0 Å². The molecule has 0 unspecified atom stereocenters. The molecule has 0 aromatic rings. The van der Waals surface area contributed by atoms with E-state index in [4.69, 9.17) is 10.2 Å². The zero-order valence-corrected chi connectivity index (χ0v) is 8.35. The fourth-order valence-corrected chi connectivity index (χ4v) is 3.98. The van der Waals surface area contributed by atoms with Crippen LogP contribution in [0, 0.1) is 0 Å². The van der Waals surface area contributed by atoms with Gasteiger partial charge in [-0.1, -0.05) is 0 Å². The lowest BCUT2D eigenvalue weighted by molar-refractivity contribution is -0.00550. The third-order valence-electron chi connectivity index (χ3n) is 1.71. The SMILES string of the molecule is OC[C@@H](O)[C@@H](O)C1SCCCS1.